The van der Waals surface area contributed by atoms with Gasteiger partial charge < -0.3 is 10.6 Å². The van der Waals surface area contributed by atoms with Crippen molar-refractivity contribution in [2.45, 2.75) is 11.4 Å². The molecular formula is C21H22N4O6S3. The first-order chi connectivity index (χ1) is 15.9. The monoisotopic (exact) mass is 522 g/mol. The lowest BCUT2D eigenvalue weighted by Crippen LogP contribution is -2.32. The van der Waals surface area contributed by atoms with E-state index in [-0.39, 0.29) is 23.5 Å². The minimum atomic E-state index is -3.46. The van der Waals surface area contributed by atoms with Gasteiger partial charge in [0.15, 0.2) is 15.0 Å². The van der Waals surface area contributed by atoms with Crippen LogP contribution in [0.1, 0.15) is 15.9 Å². The van der Waals surface area contributed by atoms with Crippen molar-refractivity contribution in [1.82, 2.24) is 15.0 Å². The van der Waals surface area contributed by atoms with Gasteiger partial charge >= 0.3 is 0 Å². The van der Waals surface area contributed by atoms with E-state index < -0.39 is 31.7 Å². The summed E-state index contributed by atoms with van der Waals surface area (Å²) in [6.45, 7) is -0.184. The summed E-state index contributed by atoms with van der Waals surface area (Å²) >= 11 is 1.20. The molecule has 3 rings (SSSR count). The number of benzene rings is 2. The van der Waals surface area contributed by atoms with Crippen molar-refractivity contribution in [2.24, 2.45) is 0 Å². The van der Waals surface area contributed by atoms with Crippen LogP contribution in [-0.4, -0.2) is 52.7 Å². The Hall–Kier alpha value is -3.13. The third-order valence-electron chi connectivity index (χ3n) is 4.45. The number of hydrogen-bond acceptors (Lipinski definition) is 8. The van der Waals surface area contributed by atoms with E-state index in [1.54, 1.807) is 23.6 Å². The van der Waals surface area contributed by atoms with E-state index in [0.717, 1.165) is 23.6 Å². The third-order valence-corrected chi connectivity index (χ3v) is 6.98. The van der Waals surface area contributed by atoms with Gasteiger partial charge in [-0.15, -0.1) is 11.3 Å². The van der Waals surface area contributed by atoms with Crippen molar-refractivity contribution in [3.63, 3.8) is 0 Å². The topological polar surface area (TPSA) is 151 Å². The third kappa shape index (κ3) is 7.45. The predicted molar refractivity (Wildman–Crippen MR) is 130 cm³/mol. The fraction of sp³-hybridized carbons (Fsp3) is 0.190. The van der Waals surface area contributed by atoms with E-state index >= 15 is 0 Å². The van der Waals surface area contributed by atoms with E-state index in [9.17, 15) is 26.4 Å². The zero-order valence-corrected chi connectivity index (χ0v) is 20.7. The first kappa shape index (κ1) is 25.5. The first-order valence-electron chi connectivity index (χ1n) is 9.78. The number of sulfone groups is 1. The van der Waals surface area contributed by atoms with Crippen molar-refractivity contribution in [3.05, 3.63) is 65.0 Å². The number of carbonyl (C=O) groups is 2. The first-order valence-corrected chi connectivity index (χ1v) is 14.4. The molecule has 34 heavy (non-hydrogen) atoms. The Bertz CT molecular complexity index is 1430. The Morgan fingerprint density at radius 1 is 1.00 bits per heavy atom. The standard InChI is InChI=1S/C21H22N4O6S3/c1-33(28,29)17-8-4-7-16(10-17)20(27)22-12-19(26)25-21-24-18(13-32-21)15-6-3-5-14(9-15)11-23-34(2,30)31/h3-10,13,23H,11-12H2,1-2H3,(H,22,27)(H,24,25,26). The molecule has 0 atom stereocenters. The maximum atomic E-state index is 12.3. The van der Waals surface area contributed by atoms with E-state index in [1.807, 2.05) is 6.07 Å². The molecule has 0 fully saturated rings. The van der Waals surface area contributed by atoms with E-state index in [0.29, 0.717) is 10.8 Å². The fourth-order valence-electron chi connectivity index (χ4n) is 2.81. The zero-order valence-electron chi connectivity index (χ0n) is 18.2. The summed E-state index contributed by atoms with van der Waals surface area (Å²) in [7, 11) is -6.78. The quantitative estimate of drug-likeness (QED) is 0.386. The molecule has 10 nitrogen and oxygen atoms in total. The van der Waals surface area contributed by atoms with Crippen molar-refractivity contribution >= 4 is 48.1 Å². The Morgan fingerprint density at radius 3 is 2.44 bits per heavy atom. The zero-order chi connectivity index (χ0) is 24.9. The smallest absolute Gasteiger partial charge is 0.251 e. The highest BCUT2D eigenvalue weighted by molar-refractivity contribution is 7.90. The van der Waals surface area contributed by atoms with E-state index in [1.165, 1.54) is 35.6 Å². The van der Waals surface area contributed by atoms with Crippen LogP contribution in [0.4, 0.5) is 5.13 Å². The number of hydrogen-bond donors (Lipinski definition) is 3. The van der Waals surface area contributed by atoms with Gasteiger partial charge in [0.05, 0.1) is 23.4 Å². The Balaban J connectivity index is 1.58. The van der Waals surface area contributed by atoms with Gasteiger partial charge in [-0.25, -0.2) is 26.5 Å². The lowest BCUT2D eigenvalue weighted by atomic mass is 10.1. The van der Waals surface area contributed by atoms with Crippen LogP contribution in [0, 0.1) is 0 Å². The molecule has 1 aromatic heterocycles. The number of amides is 2. The van der Waals surface area contributed by atoms with Crippen LogP contribution in [0.5, 0.6) is 0 Å². The van der Waals surface area contributed by atoms with Crippen LogP contribution in [-0.2, 0) is 31.2 Å². The summed E-state index contributed by atoms with van der Waals surface area (Å²) in [6, 6.07) is 12.7. The molecule has 1 heterocycles. The molecule has 0 bridgehead atoms. The highest BCUT2D eigenvalue weighted by Gasteiger charge is 2.14. The van der Waals surface area contributed by atoms with Crippen LogP contribution in [0.25, 0.3) is 11.3 Å². The highest BCUT2D eigenvalue weighted by atomic mass is 32.2. The van der Waals surface area contributed by atoms with Gasteiger partial charge in [0.2, 0.25) is 15.9 Å². The van der Waals surface area contributed by atoms with Gasteiger partial charge in [0, 0.05) is 29.3 Å². The molecule has 0 aliphatic carbocycles. The molecule has 0 radical (unpaired) electrons. The second-order valence-electron chi connectivity index (χ2n) is 7.36. The molecular weight excluding hydrogens is 500 g/mol. The molecule has 0 spiro atoms. The predicted octanol–water partition coefficient (Wildman–Crippen LogP) is 1.63. The lowest BCUT2D eigenvalue weighted by molar-refractivity contribution is -0.115. The van der Waals surface area contributed by atoms with Crippen molar-refractivity contribution in [2.75, 3.05) is 24.4 Å². The largest absolute Gasteiger partial charge is 0.343 e. The van der Waals surface area contributed by atoms with Gasteiger partial charge in [0.25, 0.3) is 5.91 Å². The number of sulfonamides is 1. The summed E-state index contributed by atoms with van der Waals surface area (Å²) in [5.74, 6) is -1.08. The minimum Gasteiger partial charge on any atom is -0.343 e. The second-order valence-corrected chi connectivity index (χ2v) is 12.1. The number of nitrogens with zero attached hydrogens (tertiary/aromatic N) is 1. The van der Waals surface area contributed by atoms with Crippen LogP contribution < -0.4 is 15.4 Å². The van der Waals surface area contributed by atoms with E-state index in [2.05, 4.69) is 20.3 Å². The normalized spacial score (nSPS) is 11.7. The summed E-state index contributed by atoms with van der Waals surface area (Å²) < 4.78 is 48.3. The number of anilines is 1. The molecule has 0 aliphatic heterocycles. The fourth-order valence-corrected chi connectivity index (χ4v) is 4.64. The SMILES string of the molecule is CS(=O)(=O)NCc1cccc(-c2csc(NC(=O)CNC(=O)c3cccc(S(C)(=O)=O)c3)n2)c1. The lowest BCUT2D eigenvalue weighted by Gasteiger charge is -2.06. The molecule has 2 aromatic carbocycles. The average Bonchev–Trinajstić information content (AvgIpc) is 3.24. The van der Waals surface area contributed by atoms with Gasteiger partial charge in [0.1, 0.15) is 0 Å². The average molecular weight is 523 g/mol. The molecule has 180 valence electrons. The molecule has 0 saturated carbocycles. The van der Waals surface area contributed by atoms with Crippen molar-refractivity contribution in [3.8, 4) is 11.3 Å². The van der Waals surface area contributed by atoms with Gasteiger partial charge in [-0.3, -0.25) is 9.59 Å². The van der Waals surface area contributed by atoms with Crippen LogP contribution in [0.3, 0.4) is 0 Å². The number of rotatable bonds is 9. The van der Waals surface area contributed by atoms with Gasteiger partial charge in [-0.2, -0.15) is 0 Å². The maximum absolute atomic E-state index is 12.3. The molecule has 2 amide bonds. The minimum absolute atomic E-state index is 0.0103. The summed E-state index contributed by atoms with van der Waals surface area (Å²) in [5, 5.41) is 7.12. The number of thiazole rings is 1. The van der Waals surface area contributed by atoms with Gasteiger partial charge in [-0.1, -0.05) is 24.3 Å². The molecule has 13 heteroatoms. The molecule has 3 aromatic rings. The maximum Gasteiger partial charge on any atom is 0.251 e. The van der Waals surface area contributed by atoms with Crippen molar-refractivity contribution in [1.29, 1.82) is 0 Å². The van der Waals surface area contributed by atoms with Crippen molar-refractivity contribution < 1.29 is 26.4 Å². The van der Waals surface area contributed by atoms with Crippen LogP contribution in [0.15, 0.2) is 58.8 Å². The van der Waals surface area contributed by atoms with Crippen LogP contribution >= 0.6 is 11.3 Å². The Morgan fingerprint density at radius 2 is 1.74 bits per heavy atom. The van der Waals surface area contributed by atoms with E-state index in [4.69, 9.17) is 0 Å². The summed E-state index contributed by atoms with van der Waals surface area (Å²) in [5.41, 5.74) is 2.23. The molecule has 0 aliphatic rings. The Labute approximate surface area is 201 Å². The second kappa shape index (κ2) is 10.4. The number of nitrogens with one attached hydrogen (secondary N) is 3. The molecule has 0 saturated heterocycles. The number of carbonyl (C=O) groups excluding carboxylic acids is 2. The summed E-state index contributed by atoms with van der Waals surface area (Å²) in [4.78, 5) is 28.9. The molecule has 0 unspecified atom stereocenters. The highest BCUT2D eigenvalue weighted by Crippen LogP contribution is 2.25. The Kier molecular flexibility index (Phi) is 7.82. The number of aromatic nitrogens is 1. The molecule has 3 N–H and O–H groups in total. The summed E-state index contributed by atoms with van der Waals surface area (Å²) in [6.07, 6.45) is 2.13. The van der Waals surface area contributed by atoms with Crippen LogP contribution in [0.2, 0.25) is 0 Å². The van der Waals surface area contributed by atoms with Gasteiger partial charge in [-0.05, 0) is 29.8 Å².